The third-order valence-electron chi connectivity index (χ3n) is 3.53. The van der Waals surface area contributed by atoms with Gasteiger partial charge in [0.25, 0.3) is 0 Å². The van der Waals surface area contributed by atoms with Crippen molar-refractivity contribution in [1.29, 1.82) is 5.26 Å². The van der Waals surface area contributed by atoms with Gasteiger partial charge in [0, 0.05) is 0 Å². The maximum absolute atomic E-state index is 12.5. The van der Waals surface area contributed by atoms with Crippen LogP contribution in [0.25, 0.3) is 0 Å². The molecular formula is C13H15NO2S. The van der Waals surface area contributed by atoms with Gasteiger partial charge in [0.15, 0.2) is 14.6 Å². The van der Waals surface area contributed by atoms with Crippen LogP contribution in [0.15, 0.2) is 23.1 Å². The molecule has 0 amide bonds. The zero-order valence-electron chi connectivity index (χ0n) is 10.2. The van der Waals surface area contributed by atoms with E-state index in [4.69, 9.17) is 5.26 Å². The molecule has 1 saturated carbocycles. The van der Waals surface area contributed by atoms with Gasteiger partial charge in [-0.3, -0.25) is 0 Å². The lowest BCUT2D eigenvalue weighted by Gasteiger charge is -2.12. The third kappa shape index (κ3) is 1.57. The molecule has 2 unspecified atom stereocenters. The summed E-state index contributed by atoms with van der Waals surface area (Å²) in [5.74, 6) is -0.0711. The average Bonchev–Trinajstić information content (AvgIpc) is 2.90. The maximum Gasteiger partial charge on any atom is 0.197 e. The van der Waals surface area contributed by atoms with Crippen LogP contribution in [0.2, 0.25) is 0 Å². The van der Waals surface area contributed by atoms with Gasteiger partial charge in [0.05, 0.1) is 11.0 Å². The molecule has 17 heavy (non-hydrogen) atoms. The first-order valence-corrected chi connectivity index (χ1v) is 7.06. The van der Waals surface area contributed by atoms with Gasteiger partial charge in [-0.25, -0.2) is 8.42 Å². The summed E-state index contributed by atoms with van der Waals surface area (Å²) in [5.41, 5.74) is 1.75. The van der Waals surface area contributed by atoms with Crippen molar-refractivity contribution in [3.8, 4) is 6.07 Å². The highest BCUT2D eigenvalue weighted by atomic mass is 32.2. The third-order valence-corrected chi connectivity index (χ3v) is 6.19. The molecule has 0 radical (unpaired) electrons. The molecule has 1 aromatic rings. The second-order valence-corrected chi connectivity index (χ2v) is 7.05. The Bertz CT molecular complexity index is 613. The first-order chi connectivity index (χ1) is 7.85. The molecule has 90 valence electrons. The minimum atomic E-state index is -3.54. The Morgan fingerprint density at radius 1 is 1.41 bits per heavy atom. The van der Waals surface area contributed by atoms with Crippen molar-refractivity contribution in [2.75, 3.05) is 0 Å². The van der Waals surface area contributed by atoms with Crippen LogP contribution in [-0.2, 0) is 9.84 Å². The first-order valence-electron chi connectivity index (χ1n) is 5.58. The molecule has 1 aliphatic rings. The van der Waals surface area contributed by atoms with E-state index in [1.807, 2.05) is 26.0 Å². The van der Waals surface area contributed by atoms with Crippen LogP contribution in [-0.4, -0.2) is 13.2 Å². The van der Waals surface area contributed by atoms with Crippen LogP contribution in [0, 0.1) is 31.1 Å². The molecule has 0 N–H and O–H groups in total. The highest BCUT2D eigenvalue weighted by molar-refractivity contribution is 7.93. The second kappa shape index (κ2) is 3.58. The van der Waals surface area contributed by atoms with Gasteiger partial charge in [0.1, 0.15) is 0 Å². The smallest absolute Gasteiger partial charge is 0.197 e. The minimum Gasteiger partial charge on any atom is -0.222 e. The van der Waals surface area contributed by atoms with Gasteiger partial charge >= 0.3 is 0 Å². The normalized spacial score (nSPS) is 27.5. The summed E-state index contributed by atoms with van der Waals surface area (Å²) < 4.78 is 23.7. The van der Waals surface area contributed by atoms with Crippen molar-refractivity contribution < 1.29 is 8.42 Å². The molecule has 2 rings (SSSR count). The summed E-state index contributed by atoms with van der Waals surface area (Å²) in [6.07, 6.45) is 0.444. The van der Waals surface area contributed by atoms with E-state index >= 15 is 0 Å². The summed E-state index contributed by atoms with van der Waals surface area (Å²) in [6, 6.07) is 7.22. The van der Waals surface area contributed by atoms with Crippen LogP contribution >= 0.6 is 0 Å². The van der Waals surface area contributed by atoms with E-state index in [-0.39, 0.29) is 5.92 Å². The lowest BCUT2D eigenvalue weighted by molar-refractivity contribution is 0.584. The summed E-state index contributed by atoms with van der Waals surface area (Å²) in [4.78, 5) is 0.300. The Morgan fingerprint density at radius 2 is 2.00 bits per heavy atom. The number of nitrogens with zero attached hydrogens (tertiary/aromatic N) is 1. The van der Waals surface area contributed by atoms with E-state index in [1.165, 1.54) is 0 Å². The Morgan fingerprint density at radius 3 is 2.41 bits per heavy atom. The average molecular weight is 249 g/mol. The largest absolute Gasteiger partial charge is 0.222 e. The number of aryl methyl sites for hydroxylation is 2. The van der Waals surface area contributed by atoms with Crippen LogP contribution in [0.1, 0.15) is 24.5 Å². The molecule has 4 heteroatoms. The number of hydrogen-bond acceptors (Lipinski definition) is 3. The van der Waals surface area contributed by atoms with Crippen molar-refractivity contribution in [3.63, 3.8) is 0 Å². The number of nitriles is 1. The van der Waals surface area contributed by atoms with E-state index in [2.05, 4.69) is 0 Å². The fraction of sp³-hybridized carbons (Fsp3) is 0.462. The van der Waals surface area contributed by atoms with Crippen LogP contribution in [0.3, 0.4) is 0 Å². The Kier molecular flexibility index (Phi) is 2.55. The Labute approximate surface area is 102 Å². The van der Waals surface area contributed by atoms with Crippen molar-refractivity contribution in [2.45, 2.75) is 36.8 Å². The van der Waals surface area contributed by atoms with Crippen molar-refractivity contribution >= 4 is 9.84 Å². The molecule has 0 spiro atoms. The van der Waals surface area contributed by atoms with Crippen molar-refractivity contribution in [2.24, 2.45) is 5.92 Å². The van der Waals surface area contributed by atoms with Crippen molar-refractivity contribution in [3.05, 3.63) is 29.3 Å². The van der Waals surface area contributed by atoms with E-state index in [0.717, 1.165) is 11.1 Å². The predicted octanol–water partition coefficient (Wildman–Crippen LogP) is 2.38. The monoisotopic (exact) mass is 249 g/mol. The fourth-order valence-electron chi connectivity index (χ4n) is 2.28. The van der Waals surface area contributed by atoms with E-state index in [1.54, 1.807) is 19.1 Å². The highest BCUT2D eigenvalue weighted by Crippen LogP contribution is 2.52. The van der Waals surface area contributed by atoms with E-state index in [9.17, 15) is 8.42 Å². The molecule has 0 aromatic heterocycles. The van der Waals surface area contributed by atoms with Gasteiger partial charge in [-0.2, -0.15) is 5.26 Å². The topological polar surface area (TPSA) is 57.9 Å². The van der Waals surface area contributed by atoms with E-state index in [0.29, 0.717) is 11.3 Å². The molecule has 2 atom stereocenters. The minimum absolute atomic E-state index is 0.0711. The molecule has 0 aliphatic heterocycles. The van der Waals surface area contributed by atoms with Gasteiger partial charge < -0.3 is 0 Å². The van der Waals surface area contributed by atoms with Gasteiger partial charge in [-0.15, -0.1) is 0 Å². The molecule has 0 saturated heterocycles. The van der Waals surface area contributed by atoms with Gasteiger partial charge in [0.2, 0.25) is 0 Å². The number of rotatable bonds is 2. The predicted molar refractivity (Wildman–Crippen MR) is 65.2 cm³/mol. The lowest BCUT2D eigenvalue weighted by atomic mass is 10.2. The number of benzene rings is 1. The first kappa shape index (κ1) is 12.1. The zero-order valence-corrected chi connectivity index (χ0v) is 11.0. The maximum atomic E-state index is 12.5. The molecule has 1 aliphatic carbocycles. The fourth-order valence-corrected chi connectivity index (χ4v) is 4.53. The summed E-state index contributed by atoms with van der Waals surface area (Å²) in [7, 11) is -3.54. The quantitative estimate of drug-likeness (QED) is 0.808. The Balaban J connectivity index is 2.58. The molecule has 1 aromatic carbocycles. The zero-order chi connectivity index (χ0) is 12.8. The summed E-state index contributed by atoms with van der Waals surface area (Å²) in [5, 5.41) is 9.14. The van der Waals surface area contributed by atoms with Gasteiger partial charge in [-0.05, 0) is 37.8 Å². The van der Waals surface area contributed by atoms with E-state index < -0.39 is 14.6 Å². The van der Waals surface area contributed by atoms with Crippen LogP contribution < -0.4 is 0 Å². The SMILES string of the molecule is Cc1ccc(S(=O)(=O)C2(C#N)CC2C)c(C)c1. The molecule has 1 fully saturated rings. The Hall–Kier alpha value is -1.34. The standard InChI is InChI=1S/C13H15NO2S/c1-9-4-5-12(10(2)6-9)17(15,16)13(8-14)7-11(13)3/h4-6,11H,7H2,1-3H3. The molecule has 0 bridgehead atoms. The van der Waals surface area contributed by atoms with Crippen LogP contribution in [0.5, 0.6) is 0 Å². The number of sulfone groups is 1. The second-order valence-electron chi connectivity index (χ2n) is 4.88. The number of hydrogen-bond donors (Lipinski definition) is 0. The van der Waals surface area contributed by atoms with Gasteiger partial charge in [-0.1, -0.05) is 24.6 Å². The summed E-state index contributed by atoms with van der Waals surface area (Å²) in [6.45, 7) is 5.51. The highest BCUT2D eigenvalue weighted by Gasteiger charge is 2.62. The molecule has 3 nitrogen and oxygen atoms in total. The van der Waals surface area contributed by atoms with Crippen LogP contribution in [0.4, 0.5) is 0 Å². The molecular weight excluding hydrogens is 234 g/mol. The summed E-state index contributed by atoms with van der Waals surface area (Å²) >= 11 is 0. The lowest BCUT2D eigenvalue weighted by Crippen LogP contribution is -2.24. The molecule has 0 heterocycles. The van der Waals surface area contributed by atoms with Crippen molar-refractivity contribution in [1.82, 2.24) is 0 Å².